The van der Waals surface area contributed by atoms with Gasteiger partial charge in [-0.05, 0) is 26.3 Å². The quantitative estimate of drug-likeness (QED) is 0.175. The third kappa shape index (κ3) is 6.36. The summed E-state index contributed by atoms with van der Waals surface area (Å²) in [5.74, 6) is 0.215. The molecule has 1 atom stereocenters. The minimum absolute atomic E-state index is 0.0763. The van der Waals surface area contributed by atoms with Gasteiger partial charge in [-0.1, -0.05) is 5.16 Å². The van der Waals surface area contributed by atoms with Crippen molar-refractivity contribution in [2.75, 3.05) is 20.3 Å². The van der Waals surface area contributed by atoms with Crippen LogP contribution in [0.3, 0.4) is 0 Å². The SMILES string of the molecule is COCCCCNC(C)C(N)=NO. The zero-order valence-corrected chi connectivity index (χ0v) is 8.29. The van der Waals surface area contributed by atoms with E-state index in [9.17, 15) is 0 Å². The molecule has 0 radical (unpaired) electrons. The molecule has 0 aromatic heterocycles. The van der Waals surface area contributed by atoms with Crippen molar-refractivity contribution in [3.8, 4) is 0 Å². The summed E-state index contributed by atoms with van der Waals surface area (Å²) < 4.78 is 4.90. The number of amidine groups is 1. The summed E-state index contributed by atoms with van der Waals surface area (Å²) in [6.45, 7) is 3.48. The zero-order valence-electron chi connectivity index (χ0n) is 8.29. The molecule has 0 spiro atoms. The van der Waals surface area contributed by atoms with Crippen LogP contribution >= 0.6 is 0 Å². The summed E-state index contributed by atoms with van der Waals surface area (Å²) in [6.07, 6.45) is 2.04. The highest BCUT2D eigenvalue weighted by Gasteiger charge is 2.04. The number of methoxy groups -OCH3 is 1. The summed E-state index contributed by atoms with van der Waals surface area (Å²) in [4.78, 5) is 0. The normalized spacial score (nSPS) is 14.5. The lowest BCUT2D eigenvalue weighted by atomic mass is 10.2. The molecule has 0 saturated heterocycles. The minimum Gasteiger partial charge on any atom is -0.409 e. The van der Waals surface area contributed by atoms with Gasteiger partial charge in [0.05, 0.1) is 6.04 Å². The van der Waals surface area contributed by atoms with Crippen LogP contribution in [0.4, 0.5) is 0 Å². The molecule has 5 heteroatoms. The third-order valence-electron chi connectivity index (χ3n) is 1.78. The molecule has 13 heavy (non-hydrogen) atoms. The molecule has 0 aliphatic carbocycles. The van der Waals surface area contributed by atoms with Crippen LogP contribution in [0.2, 0.25) is 0 Å². The summed E-state index contributed by atoms with van der Waals surface area (Å²) in [7, 11) is 1.69. The van der Waals surface area contributed by atoms with Gasteiger partial charge in [0.25, 0.3) is 0 Å². The number of oxime groups is 1. The number of rotatable bonds is 7. The van der Waals surface area contributed by atoms with Crippen molar-refractivity contribution in [3.05, 3.63) is 0 Å². The van der Waals surface area contributed by atoms with Crippen molar-refractivity contribution in [2.45, 2.75) is 25.8 Å². The monoisotopic (exact) mass is 189 g/mol. The largest absolute Gasteiger partial charge is 0.409 e. The van der Waals surface area contributed by atoms with Gasteiger partial charge in [-0.3, -0.25) is 0 Å². The van der Waals surface area contributed by atoms with E-state index >= 15 is 0 Å². The topological polar surface area (TPSA) is 79.9 Å². The van der Waals surface area contributed by atoms with Gasteiger partial charge in [0.1, 0.15) is 0 Å². The second kappa shape index (κ2) is 7.82. The van der Waals surface area contributed by atoms with Crippen LogP contribution < -0.4 is 11.1 Å². The lowest BCUT2D eigenvalue weighted by Crippen LogP contribution is -2.39. The summed E-state index contributed by atoms with van der Waals surface area (Å²) >= 11 is 0. The second-order valence-electron chi connectivity index (χ2n) is 2.90. The second-order valence-corrected chi connectivity index (χ2v) is 2.90. The maximum atomic E-state index is 8.35. The van der Waals surface area contributed by atoms with Crippen molar-refractivity contribution in [3.63, 3.8) is 0 Å². The molecule has 0 fully saturated rings. The first kappa shape index (κ1) is 12.2. The Kier molecular flexibility index (Phi) is 7.33. The molecule has 0 aromatic rings. The Labute approximate surface area is 78.9 Å². The smallest absolute Gasteiger partial charge is 0.156 e. The van der Waals surface area contributed by atoms with Gasteiger partial charge in [0, 0.05) is 13.7 Å². The highest BCUT2D eigenvalue weighted by atomic mass is 16.5. The van der Waals surface area contributed by atoms with E-state index in [4.69, 9.17) is 15.7 Å². The molecular weight excluding hydrogens is 170 g/mol. The van der Waals surface area contributed by atoms with Gasteiger partial charge >= 0.3 is 0 Å². The van der Waals surface area contributed by atoms with Gasteiger partial charge in [-0.2, -0.15) is 0 Å². The average Bonchev–Trinajstić information content (AvgIpc) is 2.16. The number of ether oxygens (including phenoxy) is 1. The number of hydrogen-bond acceptors (Lipinski definition) is 4. The lowest BCUT2D eigenvalue weighted by Gasteiger charge is -2.11. The fraction of sp³-hybridized carbons (Fsp3) is 0.875. The average molecular weight is 189 g/mol. The summed E-state index contributed by atoms with van der Waals surface area (Å²) in [5.41, 5.74) is 5.37. The summed E-state index contributed by atoms with van der Waals surface area (Å²) in [6, 6.07) is -0.0763. The summed E-state index contributed by atoms with van der Waals surface area (Å²) in [5, 5.41) is 14.4. The van der Waals surface area contributed by atoms with Crippen LogP contribution in [0.25, 0.3) is 0 Å². The predicted octanol–water partition coefficient (Wildman–Crippen LogP) is 0.138. The minimum atomic E-state index is -0.0763. The van der Waals surface area contributed by atoms with Crippen molar-refractivity contribution in [2.24, 2.45) is 10.9 Å². The fourth-order valence-electron chi connectivity index (χ4n) is 0.881. The molecule has 1 unspecified atom stereocenters. The molecule has 0 bridgehead atoms. The maximum absolute atomic E-state index is 8.35. The first-order valence-electron chi connectivity index (χ1n) is 4.42. The Morgan fingerprint density at radius 3 is 2.85 bits per heavy atom. The molecule has 0 aromatic carbocycles. The molecular formula is C8H19N3O2. The number of hydrogen-bond donors (Lipinski definition) is 3. The van der Waals surface area contributed by atoms with Crippen LogP contribution in [0.15, 0.2) is 5.16 Å². The number of unbranched alkanes of at least 4 members (excludes halogenated alkanes) is 1. The third-order valence-corrected chi connectivity index (χ3v) is 1.78. The van der Waals surface area contributed by atoms with Gasteiger partial charge in [-0.25, -0.2) is 0 Å². The maximum Gasteiger partial charge on any atom is 0.156 e. The van der Waals surface area contributed by atoms with E-state index in [-0.39, 0.29) is 11.9 Å². The van der Waals surface area contributed by atoms with Crippen molar-refractivity contribution in [1.82, 2.24) is 5.32 Å². The Bertz CT molecular complexity index is 150. The van der Waals surface area contributed by atoms with Crippen LogP contribution in [0, 0.1) is 0 Å². The number of nitrogens with zero attached hydrogens (tertiary/aromatic N) is 1. The van der Waals surface area contributed by atoms with Crippen LogP contribution in [0.5, 0.6) is 0 Å². The van der Waals surface area contributed by atoms with Crippen LogP contribution in [0.1, 0.15) is 19.8 Å². The highest BCUT2D eigenvalue weighted by molar-refractivity contribution is 5.84. The van der Waals surface area contributed by atoms with Gasteiger partial charge in [-0.15, -0.1) is 0 Å². The van der Waals surface area contributed by atoms with E-state index in [0.717, 1.165) is 26.0 Å². The van der Waals surface area contributed by atoms with E-state index in [1.165, 1.54) is 0 Å². The van der Waals surface area contributed by atoms with Gasteiger partial charge in [0.2, 0.25) is 0 Å². The molecule has 0 saturated carbocycles. The van der Waals surface area contributed by atoms with Crippen LogP contribution in [-0.4, -0.2) is 37.3 Å². The van der Waals surface area contributed by atoms with E-state index in [1.807, 2.05) is 6.92 Å². The van der Waals surface area contributed by atoms with Crippen molar-refractivity contribution in [1.29, 1.82) is 0 Å². The van der Waals surface area contributed by atoms with E-state index in [2.05, 4.69) is 10.5 Å². The standard InChI is InChI=1S/C8H19N3O2/c1-7(8(9)11-12)10-5-3-4-6-13-2/h7,10,12H,3-6H2,1-2H3,(H2,9,11). The van der Waals surface area contributed by atoms with Crippen LogP contribution in [-0.2, 0) is 4.74 Å². The van der Waals surface area contributed by atoms with Gasteiger partial charge in [0.15, 0.2) is 5.84 Å². The molecule has 0 aliphatic heterocycles. The molecule has 0 amide bonds. The number of nitrogens with one attached hydrogen (secondary N) is 1. The Morgan fingerprint density at radius 2 is 2.31 bits per heavy atom. The van der Waals surface area contributed by atoms with E-state index in [0.29, 0.717) is 0 Å². The lowest BCUT2D eigenvalue weighted by molar-refractivity contribution is 0.192. The zero-order chi connectivity index (χ0) is 10.1. The van der Waals surface area contributed by atoms with Gasteiger partial charge < -0.3 is 21.0 Å². The van der Waals surface area contributed by atoms with Crippen molar-refractivity contribution < 1.29 is 9.94 Å². The predicted molar refractivity (Wildman–Crippen MR) is 52.0 cm³/mol. The van der Waals surface area contributed by atoms with Crippen molar-refractivity contribution >= 4 is 5.84 Å². The molecule has 4 N–H and O–H groups in total. The van der Waals surface area contributed by atoms with E-state index < -0.39 is 0 Å². The molecule has 5 nitrogen and oxygen atoms in total. The highest BCUT2D eigenvalue weighted by Crippen LogP contribution is 1.89. The fourth-order valence-corrected chi connectivity index (χ4v) is 0.881. The molecule has 0 rings (SSSR count). The molecule has 0 aliphatic rings. The first-order chi connectivity index (χ1) is 6.22. The number of nitrogens with two attached hydrogens (primary N) is 1. The Hall–Kier alpha value is -0.810. The molecule has 78 valence electrons. The van der Waals surface area contributed by atoms with E-state index in [1.54, 1.807) is 7.11 Å². The Balaban J connectivity index is 3.32. The Morgan fingerprint density at radius 1 is 1.62 bits per heavy atom. The molecule has 0 heterocycles. The first-order valence-corrected chi connectivity index (χ1v) is 4.42.